The number of aromatic nitrogens is 2. The molecule has 0 fully saturated rings. The van der Waals surface area contributed by atoms with E-state index in [-0.39, 0.29) is 10.6 Å². The molecule has 21 heavy (non-hydrogen) atoms. The summed E-state index contributed by atoms with van der Waals surface area (Å²) in [6, 6.07) is 2.78. The van der Waals surface area contributed by atoms with Crippen LogP contribution in [-0.4, -0.2) is 34.8 Å². The first kappa shape index (κ1) is 15.2. The van der Waals surface area contributed by atoms with Gasteiger partial charge in [-0.25, -0.2) is 22.6 Å². The van der Waals surface area contributed by atoms with Crippen molar-refractivity contribution in [2.75, 3.05) is 5.75 Å². The zero-order valence-electron chi connectivity index (χ0n) is 10.9. The number of rotatable bonds is 6. The number of benzene rings is 1. The number of carbonyl (C=O) groups is 1. The Morgan fingerprint density at radius 1 is 1.38 bits per heavy atom. The first-order valence-corrected chi connectivity index (χ1v) is 7.77. The summed E-state index contributed by atoms with van der Waals surface area (Å²) in [5.74, 6) is -2.61. The van der Waals surface area contributed by atoms with E-state index in [1.54, 1.807) is 23.3 Å². The minimum absolute atomic E-state index is 0.157. The summed E-state index contributed by atoms with van der Waals surface area (Å²) >= 11 is 0. The molecule has 0 bridgehead atoms. The Morgan fingerprint density at radius 3 is 2.76 bits per heavy atom. The number of halogens is 1. The summed E-state index contributed by atoms with van der Waals surface area (Å²) in [7, 11) is -3.65. The summed E-state index contributed by atoms with van der Waals surface area (Å²) in [6.45, 7) is 0.478. The third kappa shape index (κ3) is 3.66. The van der Waals surface area contributed by atoms with Gasteiger partial charge in [0, 0.05) is 18.9 Å². The van der Waals surface area contributed by atoms with Crippen LogP contribution >= 0.6 is 0 Å². The van der Waals surface area contributed by atoms with Gasteiger partial charge in [0.25, 0.3) is 0 Å². The Balaban J connectivity index is 2.12. The van der Waals surface area contributed by atoms with Crippen LogP contribution in [0.2, 0.25) is 0 Å². The van der Waals surface area contributed by atoms with Crippen molar-refractivity contribution in [1.29, 1.82) is 0 Å². The summed E-state index contributed by atoms with van der Waals surface area (Å²) in [5, 5.41) is 8.81. The van der Waals surface area contributed by atoms with E-state index in [1.807, 2.05) is 0 Å². The molecule has 1 N–H and O–H groups in total. The second kappa shape index (κ2) is 6.04. The minimum atomic E-state index is -3.65. The first-order valence-electron chi connectivity index (χ1n) is 6.11. The Hall–Kier alpha value is -2.22. The van der Waals surface area contributed by atoms with Crippen LogP contribution in [-0.2, 0) is 16.4 Å². The lowest BCUT2D eigenvalue weighted by Crippen LogP contribution is -2.11. The highest BCUT2D eigenvalue weighted by atomic mass is 32.2. The quantitative estimate of drug-likeness (QED) is 0.818. The molecule has 0 spiro atoms. The van der Waals surface area contributed by atoms with Crippen LogP contribution in [0, 0.1) is 5.82 Å². The van der Waals surface area contributed by atoms with E-state index in [9.17, 15) is 17.6 Å². The summed E-state index contributed by atoms with van der Waals surface area (Å²) in [4.78, 5) is 14.5. The number of aromatic carboxylic acids is 1. The number of nitrogens with zero attached hydrogens (tertiary/aromatic N) is 2. The number of sulfone groups is 1. The Bertz CT molecular complexity index is 742. The Kier molecular flexibility index (Phi) is 4.37. The van der Waals surface area contributed by atoms with Crippen molar-refractivity contribution in [3.8, 4) is 0 Å². The molecule has 0 radical (unpaired) electrons. The molecule has 0 saturated heterocycles. The predicted molar refractivity (Wildman–Crippen MR) is 72.3 cm³/mol. The second-order valence-corrected chi connectivity index (χ2v) is 6.53. The van der Waals surface area contributed by atoms with E-state index in [0.717, 1.165) is 18.2 Å². The van der Waals surface area contributed by atoms with Crippen molar-refractivity contribution in [2.45, 2.75) is 17.9 Å². The van der Waals surface area contributed by atoms with Gasteiger partial charge in [0.15, 0.2) is 9.84 Å². The van der Waals surface area contributed by atoms with Gasteiger partial charge in [-0.3, -0.25) is 0 Å². The van der Waals surface area contributed by atoms with Gasteiger partial charge in [-0.05, 0) is 24.6 Å². The molecule has 0 unspecified atom stereocenters. The molecule has 0 atom stereocenters. The average Bonchev–Trinajstić information content (AvgIpc) is 2.91. The number of hydrogen-bond acceptors (Lipinski definition) is 4. The van der Waals surface area contributed by atoms with E-state index < -0.39 is 27.2 Å². The largest absolute Gasteiger partial charge is 0.478 e. The molecule has 0 aliphatic rings. The average molecular weight is 312 g/mol. The van der Waals surface area contributed by atoms with Crippen LogP contribution in [0.5, 0.6) is 0 Å². The molecular formula is C13H13FN2O4S. The molecule has 0 saturated carbocycles. The van der Waals surface area contributed by atoms with E-state index in [4.69, 9.17) is 5.11 Å². The zero-order chi connectivity index (χ0) is 15.5. The van der Waals surface area contributed by atoms with Gasteiger partial charge >= 0.3 is 5.97 Å². The maximum atomic E-state index is 13.3. The van der Waals surface area contributed by atoms with Gasteiger partial charge in [0.05, 0.1) is 22.5 Å². The highest BCUT2D eigenvalue weighted by Crippen LogP contribution is 2.17. The van der Waals surface area contributed by atoms with E-state index in [1.165, 1.54) is 0 Å². The topological polar surface area (TPSA) is 89.3 Å². The van der Waals surface area contributed by atoms with Gasteiger partial charge in [-0.2, -0.15) is 0 Å². The molecule has 8 heteroatoms. The van der Waals surface area contributed by atoms with Crippen LogP contribution in [0.1, 0.15) is 16.8 Å². The van der Waals surface area contributed by atoms with Crippen LogP contribution in [0.25, 0.3) is 0 Å². The zero-order valence-corrected chi connectivity index (χ0v) is 11.8. The lowest BCUT2D eigenvalue weighted by Gasteiger charge is -2.06. The van der Waals surface area contributed by atoms with Crippen molar-refractivity contribution in [3.05, 3.63) is 48.3 Å². The lowest BCUT2D eigenvalue weighted by atomic mass is 10.2. The third-order valence-electron chi connectivity index (χ3n) is 2.92. The molecule has 2 rings (SSSR count). The van der Waals surface area contributed by atoms with Crippen LogP contribution in [0.4, 0.5) is 4.39 Å². The SMILES string of the molecule is O=C(O)c1cc(S(=O)(=O)CCCn2ccnc2)ccc1F. The number of aryl methyl sites for hydroxylation is 1. The monoisotopic (exact) mass is 312 g/mol. The number of carboxylic acid groups (broad SMARTS) is 1. The van der Waals surface area contributed by atoms with Crippen molar-refractivity contribution < 1.29 is 22.7 Å². The van der Waals surface area contributed by atoms with E-state index in [0.29, 0.717) is 13.0 Å². The van der Waals surface area contributed by atoms with E-state index in [2.05, 4.69) is 4.98 Å². The molecule has 112 valence electrons. The van der Waals surface area contributed by atoms with Crippen molar-refractivity contribution >= 4 is 15.8 Å². The molecule has 1 aromatic heterocycles. The predicted octanol–water partition coefficient (Wildman–Crippen LogP) is 1.58. The third-order valence-corrected chi connectivity index (χ3v) is 4.71. The molecule has 0 aliphatic carbocycles. The standard InChI is InChI=1S/C13H13FN2O4S/c14-12-3-2-10(8-11(12)13(17)18)21(19,20)7-1-5-16-6-4-15-9-16/h2-4,6,8-9H,1,5,7H2,(H,17,18). The van der Waals surface area contributed by atoms with Gasteiger partial charge in [0.1, 0.15) is 5.82 Å². The molecule has 6 nitrogen and oxygen atoms in total. The molecule has 1 heterocycles. The van der Waals surface area contributed by atoms with Crippen LogP contribution in [0.3, 0.4) is 0 Å². The van der Waals surface area contributed by atoms with E-state index >= 15 is 0 Å². The van der Waals surface area contributed by atoms with Crippen LogP contribution < -0.4 is 0 Å². The number of hydrogen-bond donors (Lipinski definition) is 1. The Labute approximate surface area is 120 Å². The highest BCUT2D eigenvalue weighted by molar-refractivity contribution is 7.91. The number of imidazole rings is 1. The summed E-state index contributed by atoms with van der Waals surface area (Å²) in [5.41, 5.74) is -0.648. The van der Waals surface area contributed by atoms with Gasteiger partial charge < -0.3 is 9.67 Å². The van der Waals surface area contributed by atoms with Crippen molar-refractivity contribution in [2.24, 2.45) is 0 Å². The summed E-state index contributed by atoms with van der Waals surface area (Å²) < 4.78 is 39.2. The molecule has 1 aromatic carbocycles. The first-order chi connectivity index (χ1) is 9.90. The lowest BCUT2D eigenvalue weighted by molar-refractivity contribution is 0.0691. The fourth-order valence-corrected chi connectivity index (χ4v) is 3.15. The van der Waals surface area contributed by atoms with Gasteiger partial charge in [0.2, 0.25) is 0 Å². The minimum Gasteiger partial charge on any atom is -0.478 e. The van der Waals surface area contributed by atoms with Crippen LogP contribution in [0.15, 0.2) is 41.8 Å². The normalized spacial score (nSPS) is 11.5. The second-order valence-electron chi connectivity index (χ2n) is 4.42. The molecule has 0 amide bonds. The number of carboxylic acids is 1. The fourth-order valence-electron chi connectivity index (χ4n) is 1.84. The van der Waals surface area contributed by atoms with Gasteiger partial charge in [-0.1, -0.05) is 0 Å². The van der Waals surface area contributed by atoms with Gasteiger partial charge in [-0.15, -0.1) is 0 Å². The molecule has 2 aromatic rings. The summed E-state index contributed by atoms with van der Waals surface area (Å²) in [6.07, 6.45) is 5.23. The highest BCUT2D eigenvalue weighted by Gasteiger charge is 2.19. The fraction of sp³-hybridized carbons (Fsp3) is 0.231. The van der Waals surface area contributed by atoms with Crippen molar-refractivity contribution in [3.63, 3.8) is 0 Å². The maximum Gasteiger partial charge on any atom is 0.338 e. The smallest absolute Gasteiger partial charge is 0.338 e. The molecule has 0 aliphatic heterocycles. The maximum absolute atomic E-state index is 13.3. The Morgan fingerprint density at radius 2 is 2.14 bits per heavy atom. The molecular weight excluding hydrogens is 299 g/mol. The van der Waals surface area contributed by atoms with Crippen molar-refractivity contribution in [1.82, 2.24) is 9.55 Å².